The van der Waals surface area contributed by atoms with Crippen LogP contribution in [-0.2, 0) is 13.9 Å². The van der Waals surface area contributed by atoms with Crippen LogP contribution in [0.25, 0.3) is 0 Å². The molecule has 0 aliphatic heterocycles. The molecule has 0 amide bonds. The summed E-state index contributed by atoms with van der Waals surface area (Å²) < 4.78 is 15.2. The molecule has 0 aromatic rings. The summed E-state index contributed by atoms with van der Waals surface area (Å²) in [4.78, 5) is 27.5. The fourth-order valence-corrected chi connectivity index (χ4v) is 1.66. The SMILES string of the molecule is C[N+](C)(C)C[C@H](CC(=O)[O-])OP(=O)(O)O. The predicted molar refractivity (Wildman–Crippen MR) is 49.4 cm³/mol. The lowest BCUT2D eigenvalue weighted by Crippen LogP contribution is -2.44. The van der Waals surface area contributed by atoms with E-state index in [-0.39, 0.29) is 6.54 Å². The smallest absolute Gasteiger partial charge is 0.470 e. The molecule has 90 valence electrons. The molecule has 7 nitrogen and oxygen atoms in total. The number of aliphatic carboxylic acids is 1. The van der Waals surface area contributed by atoms with Crippen molar-refractivity contribution in [2.75, 3.05) is 27.7 Å². The second kappa shape index (κ2) is 5.05. The third-order valence-electron chi connectivity index (χ3n) is 1.43. The molecule has 0 heterocycles. The first-order valence-corrected chi connectivity index (χ1v) is 5.77. The maximum atomic E-state index is 10.6. The highest BCUT2D eigenvalue weighted by Crippen LogP contribution is 2.38. The van der Waals surface area contributed by atoms with Gasteiger partial charge in [0.1, 0.15) is 12.6 Å². The van der Waals surface area contributed by atoms with Gasteiger partial charge in [-0.25, -0.2) is 4.57 Å². The molecule has 8 heteroatoms. The minimum absolute atomic E-state index is 0.166. The van der Waals surface area contributed by atoms with Gasteiger partial charge in [0.15, 0.2) is 0 Å². The van der Waals surface area contributed by atoms with E-state index >= 15 is 0 Å². The van der Waals surface area contributed by atoms with Gasteiger partial charge < -0.3 is 24.2 Å². The molecular weight excluding hydrogens is 225 g/mol. The molecule has 0 fully saturated rings. The number of carboxylic acids is 1. The number of quaternary nitrogens is 1. The zero-order valence-corrected chi connectivity index (χ0v) is 9.81. The summed E-state index contributed by atoms with van der Waals surface area (Å²) in [5.41, 5.74) is 0. The van der Waals surface area contributed by atoms with Crippen LogP contribution in [0.5, 0.6) is 0 Å². The van der Waals surface area contributed by atoms with Crippen LogP contribution < -0.4 is 5.11 Å². The number of carbonyl (C=O) groups excluding carboxylic acids is 1. The Kier molecular flexibility index (Phi) is 4.89. The second-order valence-electron chi connectivity index (χ2n) is 4.27. The summed E-state index contributed by atoms with van der Waals surface area (Å²) in [6.07, 6.45) is -1.60. The summed E-state index contributed by atoms with van der Waals surface area (Å²) in [6.45, 7) is 0.166. The van der Waals surface area contributed by atoms with Gasteiger partial charge in [0, 0.05) is 12.4 Å². The lowest BCUT2D eigenvalue weighted by molar-refractivity contribution is -0.873. The van der Waals surface area contributed by atoms with Crippen molar-refractivity contribution in [2.24, 2.45) is 0 Å². The molecular formula is C7H16NO6P. The number of rotatable bonds is 6. The van der Waals surface area contributed by atoms with Gasteiger partial charge in [0.05, 0.1) is 21.1 Å². The third kappa shape index (κ3) is 9.84. The lowest BCUT2D eigenvalue weighted by atomic mass is 10.2. The van der Waals surface area contributed by atoms with E-state index in [9.17, 15) is 14.5 Å². The minimum atomic E-state index is -4.67. The standard InChI is InChI=1S/C7H16NO6P/c1-8(2,3)5-6(4-7(9)10)14-15(11,12)13/h6H,4-5H2,1-3H3,(H2-,9,10,11,12,13)/t6-/m0/s1. The monoisotopic (exact) mass is 241 g/mol. The quantitative estimate of drug-likeness (QED) is 0.424. The number of nitrogens with zero attached hydrogens (tertiary/aromatic N) is 1. The van der Waals surface area contributed by atoms with Crippen molar-refractivity contribution >= 4 is 13.8 Å². The molecule has 0 spiro atoms. The summed E-state index contributed by atoms with van der Waals surface area (Å²) in [6, 6.07) is 0. The van der Waals surface area contributed by atoms with Crippen LogP contribution in [0.15, 0.2) is 0 Å². The molecule has 0 rings (SSSR count). The van der Waals surface area contributed by atoms with E-state index < -0.39 is 26.3 Å². The van der Waals surface area contributed by atoms with E-state index in [0.29, 0.717) is 4.48 Å². The van der Waals surface area contributed by atoms with Gasteiger partial charge in [-0.2, -0.15) is 0 Å². The van der Waals surface area contributed by atoms with Gasteiger partial charge in [0.2, 0.25) is 0 Å². The summed E-state index contributed by atoms with van der Waals surface area (Å²) in [5.74, 6) is -1.40. The molecule has 0 bridgehead atoms. The van der Waals surface area contributed by atoms with Crippen LogP contribution >= 0.6 is 7.82 Å². The Morgan fingerprint density at radius 1 is 1.47 bits per heavy atom. The molecule has 0 unspecified atom stereocenters. The molecule has 0 aliphatic rings. The fourth-order valence-electron chi connectivity index (χ4n) is 1.13. The van der Waals surface area contributed by atoms with Crippen LogP contribution in [0, 0.1) is 0 Å². The highest BCUT2D eigenvalue weighted by Gasteiger charge is 2.27. The zero-order chi connectivity index (χ0) is 12.3. The van der Waals surface area contributed by atoms with Crippen molar-refractivity contribution in [3.63, 3.8) is 0 Å². The van der Waals surface area contributed by atoms with E-state index in [4.69, 9.17) is 9.79 Å². The highest BCUT2D eigenvalue weighted by atomic mass is 31.2. The number of hydrogen-bond acceptors (Lipinski definition) is 4. The van der Waals surface area contributed by atoms with E-state index in [1.54, 1.807) is 21.1 Å². The summed E-state index contributed by atoms with van der Waals surface area (Å²) in [5, 5.41) is 10.3. The van der Waals surface area contributed by atoms with E-state index in [1.807, 2.05) is 0 Å². The summed E-state index contributed by atoms with van der Waals surface area (Å²) >= 11 is 0. The van der Waals surface area contributed by atoms with E-state index in [1.165, 1.54) is 0 Å². The van der Waals surface area contributed by atoms with Gasteiger partial charge in [0.25, 0.3) is 0 Å². The lowest BCUT2D eigenvalue weighted by Gasteiger charge is -2.29. The van der Waals surface area contributed by atoms with Crippen molar-refractivity contribution in [1.82, 2.24) is 0 Å². The van der Waals surface area contributed by atoms with E-state index in [2.05, 4.69) is 4.52 Å². The number of carboxylic acid groups (broad SMARTS) is 1. The average Bonchev–Trinajstić information content (AvgIpc) is 1.73. The largest absolute Gasteiger partial charge is 0.550 e. The highest BCUT2D eigenvalue weighted by molar-refractivity contribution is 7.46. The van der Waals surface area contributed by atoms with Crippen LogP contribution in [0.1, 0.15) is 6.42 Å². The van der Waals surface area contributed by atoms with Crippen LogP contribution in [0.2, 0.25) is 0 Å². The Hall–Kier alpha value is -0.460. The Morgan fingerprint density at radius 3 is 2.20 bits per heavy atom. The zero-order valence-electron chi connectivity index (χ0n) is 8.91. The number of phosphoric ester groups is 1. The Labute approximate surface area is 88.1 Å². The third-order valence-corrected chi connectivity index (χ3v) is 2.00. The van der Waals surface area contributed by atoms with Crippen molar-refractivity contribution in [2.45, 2.75) is 12.5 Å². The minimum Gasteiger partial charge on any atom is -0.550 e. The normalized spacial score (nSPS) is 15.0. The first-order valence-electron chi connectivity index (χ1n) is 4.24. The van der Waals surface area contributed by atoms with Gasteiger partial charge in [-0.1, -0.05) is 0 Å². The maximum Gasteiger partial charge on any atom is 0.470 e. The van der Waals surface area contributed by atoms with Gasteiger partial charge in [-0.3, -0.25) is 4.52 Å². The summed E-state index contributed by atoms with van der Waals surface area (Å²) in [7, 11) is 0.601. The molecule has 0 aromatic heterocycles. The Balaban J connectivity index is 4.45. The molecule has 15 heavy (non-hydrogen) atoms. The van der Waals surface area contributed by atoms with Crippen LogP contribution in [0.3, 0.4) is 0 Å². The van der Waals surface area contributed by atoms with Crippen molar-refractivity contribution in [1.29, 1.82) is 0 Å². The van der Waals surface area contributed by atoms with Crippen LogP contribution in [-0.4, -0.2) is 54.0 Å². The molecule has 0 saturated carbocycles. The van der Waals surface area contributed by atoms with Gasteiger partial charge in [-0.15, -0.1) is 0 Å². The maximum absolute atomic E-state index is 10.6. The van der Waals surface area contributed by atoms with Crippen molar-refractivity contribution < 1.29 is 33.3 Å². The average molecular weight is 241 g/mol. The Morgan fingerprint density at radius 2 is 1.93 bits per heavy atom. The first-order chi connectivity index (χ1) is 6.49. The fraction of sp³-hybridized carbons (Fsp3) is 0.857. The molecule has 1 atom stereocenters. The number of phosphoric acid groups is 1. The predicted octanol–water partition coefficient (Wildman–Crippen LogP) is -1.69. The molecule has 2 N–H and O–H groups in total. The number of hydrogen-bond donors (Lipinski definition) is 2. The van der Waals surface area contributed by atoms with Gasteiger partial charge >= 0.3 is 7.82 Å². The van der Waals surface area contributed by atoms with Crippen molar-refractivity contribution in [3.8, 4) is 0 Å². The topological polar surface area (TPSA) is 107 Å². The molecule has 0 saturated heterocycles. The number of carbonyl (C=O) groups is 1. The van der Waals surface area contributed by atoms with Gasteiger partial charge in [-0.05, 0) is 0 Å². The molecule has 0 aliphatic carbocycles. The number of likely N-dealkylation sites (N-methyl/N-ethyl adjacent to an activating group) is 1. The van der Waals surface area contributed by atoms with Crippen molar-refractivity contribution in [3.05, 3.63) is 0 Å². The Bertz CT molecular complexity index is 267. The van der Waals surface area contributed by atoms with E-state index in [0.717, 1.165) is 0 Å². The first kappa shape index (κ1) is 14.5. The second-order valence-corrected chi connectivity index (χ2v) is 5.46. The molecule has 0 aromatic carbocycles. The molecule has 0 radical (unpaired) electrons. The van der Waals surface area contributed by atoms with Crippen LogP contribution in [0.4, 0.5) is 0 Å².